The Bertz CT molecular complexity index is 637. The summed E-state index contributed by atoms with van der Waals surface area (Å²) < 4.78 is 0. The standard InChI is InChI=1S/C16H15Cl2NO2S/c17-12-6-7-13(18)15(8-12)22-10-16(21)19-9-14(20)11-4-2-1-3-5-11/h1-8,14,20H,9-10H2,(H,19,21). The van der Waals surface area contributed by atoms with Gasteiger partial charge in [0.05, 0.1) is 16.9 Å². The lowest BCUT2D eigenvalue weighted by Crippen LogP contribution is -2.29. The molecule has 2 rings (SSSR count). The van der Waals surface area contributed by atoms with Crippen molar-refractivity contribution in [3.05, 3.63) is 64.1 Å². The van der Waals surface area contributed by atoms with Crippen molar-refractivity contribution < 1.29 is 9.90 Å². The Morgan fingerprint density at radius 3 is 2.64 bits per heavy atom. The Morgan fingerprint density at radius 2 is 1.91 bits per heavy atom. The average Bonchev–Trinajstić information content (AvgIpc) is 2.54. The summed E-state index contributed by atoms with van der Waals surface area (Å²) in [5, 5.41) is 13.8. The van der Waals surface area contributed by atoms with E-state index in [4.69, 9.17) is 23.2 Å². The molecule has 0 aliphatic heterocycles. The molecule has 1 unspecified atom stereocenters. The number of aliphatic hydroxyl groups excluding tert-OH is 1. The van der Waals surface area contributed by atoms with Crippen LogP contribution in [0.25, 0.3) is 0 Å². The van der Waals surface area contributed by atoms with Crippen molar-refractivity contribution in [2.75, 3.05) is 12.3 Å². The Morgan fingerprint density at radius 1 is 1.18 bits per heavy atom. The lowest BCUT2D eigenvalue weighted by Gasteiger charge is -2.12. The first-order valence-electron chi connectivity index (χ1n) is 6.64. The molecule has 2 aromatic rings. The van der Waals surface area contributed by atoms with Crippen LogP contribution in [-0.2, 0) is 4.79 Å². The third kappa shape index (κ3) is 5.21. The van der Waals surface area contributed by atoms with Gasteiger partial charge in [0.25, 0.3) is 0 Å². The van der Waals surface area contributed by atoms with E-state index < -0.39 is 6.10 Å². The van der Waals surface area contributed by atoms with Crippen LogP contribution < -0.4 is 5.32 Å². The van der Waals surface area contributed by atoms with Crippen LogP contribution in [0.1, 0.15) is 11.7 Å². The summed E-state index contributed by atoms with van der Waals surface area (Å²) in [5.41, 5.74) is 0.772. The fourth-order valence-corrected chi connectivity index (χ4v) is 3.11. The molecular weight excluding hydrogens is 341 g/mol. The van der Waals surface area contributed by atoms with Gasteiger partial charge < -0.3 is 10.4 Å². The van der Waals surface area contributed by atoms with Gasteiger partial charge in [-0.1, -0.05) is 53.5 Å². The first-order valence-corrected chi connectivity index (χ1v) is 8.38. The van der Waals surface area contributed by atoms with Crippen molar-refractivity contribution in [3.63, 3.8) is 0 Å². The molecule has 1 atom stereocenters. The molecule has 2 aromatic carbocycles. The number of amides is 1. The van der Waals surface area contributed by atoms with Crippen LogP contribution >= 0.6 is 35.0 Å². The normalized spacial score (nSPS) is 12.0. The molecule has 2 N–H and O–H groups in total. The molecule has 1 amide bonds. The first-order chi connectivity index (χ1) is 10.6. The number of nitrogens with one attached hydrogen (secondary N) is 1. The smallest absolute Gasteiger partial charge is 0.230 e. The van der Waals surface area contributed by atoms with Crippen LogP contribution in [-0.4, -0.2) is 23.3 Å². The van der Waals surface area contributed by atoms with Gasteiger partial charge in [0.1, 0.15) is 0 Å². The second-order valence-corrected chi connectivity index (χ2v) is 6.45. The lowest BCUT2D eigenvalue weighted by molar-refractivity contribution is -0.119. The number of benzene rings is 2. The van der Waals surface area contributed by atoms with E-state index in [1.165, 1.54) is 11.8 Å². The van der Waals surface area contributed by atoms with Gasteiger partial charge in [0.2, 0.25) is 5.91 Å². The van der Waals surface area contributed by atoms with Crippen LogP contribution in [0.2, 0.25) is 10.0 Å². The molecule has 0 heterocycles. The van der Waals surface area contributed by atoms with E-state index in [0.717, 1.165) is 10.5 Å². The summed E-state index contributed by atoms with van der Waals surface area (Å²) in [6.45, 7) is 0.173. The zero-order valence-corrected chi connectivity index (χ0v) is 14.0. The Kier molecular flexibility index (Phi) is 6.58. The van der Waals surface area contributed by atoms with Crippen LogP contribution in [0.15, 0.2) is 53.4 Å². The highest BCUT2D eigenvalue weighted by Crippen LogP contribution is 2.29. The predicted octanol–water partition coefficient (Wildman–Crippen LogP) is 3.94. The maximum Gasteiger partial charge on any atom is 0.230 e. The number of hydrogen-bond acceptors (Lipinski definition) is 3. The minimum atomic E-state index is -0.718. The first kappa shape index (κ1) is 17.2. The zero-order valence-electron chi connectivity index (χ0n) is 11.6. The van der Waals surface area contributed by atoms with Gasteiger partial charge in [0.15, 0.2) is 0 Å². The molecule has 6 heteroatoms. The quantitative estimate of drug-likeness (QED) is 0.771. The lowest BCUT2D eigenvalue weighted by atomic mass is 10.1. The van der Waals surface area contributed by atoms with E-state index in [0.29, 0.717) is 10.0 Å². The second kappa shape index (κ2) is 8.44. The fourth-order valence-electron chi connectivity index (χ4n) is 1.79. The van der Waals surface area contributed by atoms with Crippen molar-refractivity contribution in [3.8, 4) is 0 Å². The van der Waals surface area contributed by atoms with Gasteiger partial charge in [-0.3, -0.25) is 4.79 Å². The molecule has 3 nitrogen and oxygen atoms in total. The Balaban J connectivity index is 1.80. The molecule has 0 radical (unpaired) electrons. The second-order valence-electron chi connectivity index (χ2n) is 4.59. The topological polar surface area (TPSA) is 49.3 Å². The van der Waals surface area contributed by atoms with Gasteiger partial charge in [-0.05, 0) is 23.8 Å². The molecule has 0 spiro atoms. The van der Waals surface area contributed by atoms with Gasteiger partial charge >= 0.3 is 0 Å². The van der Waals surface area contributed by atoms with E-state index in [1.54, 1.807) is 18.2 Å². The van der Waals surface area contributed by atoms with Crippen molar-refractivity contribution >= 4 is 40.9 Å². The number of carbonyl (C=O) groups excluding carboxylic acids is 1. The number of aliphatic hydroxyl groups is 1. The van der Waals surface area contributed by atoms with Gasteiger partial charge in [0, 0.05) is 16.5 Å². The van der Waals surface area contributed by atoms with E-state index in [1.807, 2.05) is 30.3 Å². The highest BCUT2D eigenvalue weighted by molar-refractivity contribution is 8.00. The molecule has 0 aromatic heterocycles. The summed E-state index contributed by atoms with van der Waals surface area (Å²) in [6, 6.07) is 14.3. The molecular formula is C16H15Cl2NO2S. The van der Waals surface area contributed by atoms with Crippen LogP contribution in [0.4, 0.5) is 0 Å². The molecule has 0 saturated heterocycles. The molecule has 0 saturated carbocycles. The van der Waals surface area contributed by atoms with E-state index in [9.17, 15) is 9.90 Å². The third-order valence-corrected chi connectivity index (χ3v) is 4.66. The predicted molar refractivity (Wildman–Crippen MR) is 91.6 cm³/mol. The third-order valence-electron chi connectivity index (χ3n) is 2.93. The number of halogens is 2. The van der Waals surface area contributed by atoms with E-state index in [2.05, 4.69) is 5.32 Å². The van der Waals surface area contributed by atoms with E-state index >= 15 is 0 Å². The number of carbonyl (C=O) groups is 1. The maximum absolute atomic E-state index is 11.8. The Hall–Kier alpha value is -1.20. The summed E-state index contributed by atoms with van der Waals surface area (Å²) in [4.78, 5) is 12.6. The Labute approximate surface area is 143 Å². The number of thioether (sulfide) groups is 1. The molecule has 0 aliphatic rings. The van der Waals surface area contributed by atoms with Crippen molar-refractivity contribution in [1.82, 2.24) is 5.32 Å². The SMILES string of the molecule is O=C(CSc1cc(Cl)ccc1Cl)NCC(O)c1ccccc1. The monoisotopic (exact) mass is 355 g/mol. The fraction of sp³-hybridized carbons (Fsp3) is 0.188. The molecule has 0 fully saturated rings. The summed E-state index contributed by atoms with van der Waals surface area (Å²) in [7, 11) is 0. The largest absolute Gasteiger partial charge is 0.387 e. The number of rotatable bonds is 6. The van der Waals surface area contributed by atoms with Gasteiger partial charge in [-0.2, -0.15) is 0 Å². The highest BCUT2D eigenvalue weighted by Gasteiger charge is 2.10. The maximum atomic E-state index is 11.8. The van der Waals surface area contributed by atoms with Gasteiger partial charge in [-0.25, -0.2) is 0 Å². The zero-order chi connectivity index (χ0) is 15.9. The van der Waals surface area contributed by atoms with Crippen molar-refractivity contribution in [2.45, 2.75) is 11.0 Å². The van der Waals surface area contributed by atoms with Crippen LogP contribution in [0.5, 0.6) is 0 Å². The summed E-state index contributed by atoms with van der Waals surface area (Å²) in [6.07, 6.45) is -0.718. The summed E-state index contributed by atoms with van der Waals surface area (Å²) in [5.74, 6) is 0.0395. The minimum Gasteiger partial charge on any atom is -0.387 e. The van der Waals surface area contributed by atoms with Crippen molar-refractivity contribution in [1.29, 1.82) is 0 Å². The van der Waals surface area contributed by atoms with Crippen LogP contribution in [0, 0.1) is 0 Å². The molecule has 0 bridgehead atoms. The number of hydrogen-bond donors (Lipinski definition) is 2. The van der Waals surface area contributed by atoms with Gasteiger partial charge in [-0.15, -0.1) is 11.8 Å². The average molecular weight is 356 g/mol. The molecule has 0 aliphatic carbocycles. The van der Waals surface area contributed by atoms with E-state index in [-0.39, 0.29) is 18.2 Å². The highest BCUT2D eigenvalue weighted by atomic mass is 35.5. The van der Waals surface area contributed by atoms with Crippen LogP contribution in [0.3, 0.4) is 0 Å². The minimum absolute atomic E-state index is 0.170. The van der Waals surface area contributed by atoms with Crippen molar-refractivity contribution in [2.24, 2.45) is 0 Å². The molecule has 22 heavy (non-hydrogen) atoms. The molecule has 116 valence electrons. The summed E-state index contributed by atoms with van der Waals surface area (Å²) >= 11 is 13.2.